The molecule has 0 spiro atoms. The molecule has 39 heavy (non-hydrogen) atoms. The fourth-order valence-electron chi connectivity index (χ4n) is 3.86. The quantitative estimate of drug-likeness (QED) is 0.130. The van der Waals surface area contributed by atoms with Crippen LogP contribution in [0.5, 0.6) is 5.75 Å². The normalized spacial score (nSPS) is 11.6. The van der Waals surface area contributed by atoms with Crippen LogP contribution in [0.2, 0.25) is 0 Å². The Balaban J connectivity index is 1.53. The van der Waals surface area contributed by atoms with Crippen LogP contribution in [-0.4, -0.2) is 34.6 Å². The second-order valence-corrected chi connectivity index (χ2v) is 11.4. The van der Waals surface area contributed by atoms with Gasteiger partial charge < -0.3 is 13.9 Å². The van der Waals surface area contributed by atoms with Crippen molar-refractivity contribution in [3.8, 4) is 17.3 Å². The van der Waals surface area contributed by atoms with Crippen LogP contribution in [0.3, 0.4) is 0 Å². The van der Waals surface area contributed by atoms with E-state index in [1.807, 2.05) is 30.3 Å². The van der Waals surface area contributed by atoms with E-state index in [4.69, 9.17) is 18.9 Å². The number of carbonyl (C=O) groups excluding carboxylic acids is 1. The molecule has 198 valence electrons. The lowest BCUT2D eigenvalue weighted by Crippen LogP contribution is -2.20. The van der Waals surface area contributed by atoms with Crippen LogP contribution < -0.4 is 10.3 Å². The van der Waals surface area contributed by atoms with Crippen LogP contribution in [0, 0.1) is 0 Å². The van der Waals surface area contributed by atoms with Crippen molar-refractivity contribution >= 4 is 81.8 Å². The molecular formula is C28H20Br3N3O5. The summed E-state index contributed by atoms with van der Waals surface area (Å²) in [5, 5.41) is 5.79. The molecule has 0 radical (unpaired) electrons. The number of fused-ring (bicyclic) bond motifs is 2. The molecule has 8 nitrogen and oxygen atoms in total. The maximum absolute atomic E-state index is 13.5. The third-order valence-corrected chi connectivity index (χ3v) is 7.17. The van der Waals surface area contributed by atoms with Crippen molar-refractivity contribution < 1.29 is 18.7 Å². The molecule has 0 bridgehead atoms. The van der Waals surface area contributed by atoms with Crippen LogP contribution in [0.4, 0.5) is 0 Å². The van der Waals surface area contributed by atoms with E-state index in [-0.39, 0.29) is 24.1 Å². The molecule has 0 aliphatic carbocycles. The molecule has 0 aliphatic heterocycles. The lowest BCUT2D eigenvalue weighted by molar-refractivity contribution is -0.149. The summed E-state index contributed by atoms with van der Waals surface area (Å²) in [6.45, 7) is 3.30. The molecule has 11 heteroatoms. The van der Waals surface area contributed by atoms with Crippen LogP contribution in [0.25, 0.3) is 33.5 Å². The highest BCUT2D eigenvalue weighted by Gasteiger charge is 2.17. The molecule has 0 atom stereocenters. The number of hydrogen-bond donors (Lipinski definition) is 0. The Kier molecular flexibility index (Phi) is 8.01. The van der Waals surface area contributed by atoms with Crippen molar-refractivity contribution in [1.29, 1.82) is 0 Å². The van der Waals surface area contributed by atoms with Crippen LogP contribution in [0.15, 0.2) is 88.4 Å². The maximum Gasteiger partial charge on any atom is 0.344 e. The minimum atomic E-state index is -0.469. The van der Waals surface area contributed by atoms with E-state index in [9.17, 15) is 9.59 Å². The molecule has 0 fully saturated rings. The van der Waals surface area contributed by atoms with Gasteiger partial charge in [-0.05, 0) is 99.8 Å². The summed E-state index contributed by atoms with van der Waals surface area (Å²) < 4.78 is 20.1. The van der Waals surface area contributed by atoms with Gasteiger partial charge in [-0.15, -0.1) is 0 Å². The van der Waals surface area contributed by atoms with Gasteiger partial charge in [-0.1, -0.05) is 28.1 Å². The van der Waals surface area contributed by atoms with Crippen molar-refractivity contribution in [2.24, 2.45) is 5.10 Å². The van der Waals surface area contributed by atoms with E-state index < -0.39 is 5.97 Å². The second-order valence-electron chi connectivity index (χ2n) is 8.75. The number of ether oxygens (including phenoxy) is 2. The fourth-order valence-corrected chi connectivity index (χ4v) is 5.69. The zero-order chi connectivity index (χ0) is 27.7. The Hall–Kier alpha value is -3.28. The number of benzene rings is 3. The van der Waals surface area contributed by atoms with Gasteiger partial charge in [-0.3, -0.25) is 4.79 Å². The second kappa shape index (κ2) is 11.4. The number of para-hydroxylation sites is 1. The predicted octanol–water partition coefficient (Wildman–Crippen LogP) is 7.31. The topological polar surface area (TPSA) is 95.9 Å². The maximum atomic E-state index is 13.5. The molecular weight excluding hydrogens is 698 g/mol. The van der Waals surface area contributed by atoms with Gasteiger partial charge in [0, 0.05) is 9.86 Å². The first-order valence-electron chi connectivity index (χ1n) is 11.8. The zero-order valence-corrected chi connectivity index (χ0v) is 25.4. The van der Waals surface area contributed by atoms with Gasteiger partial charge in [0.25, 0.3) is 5.56 Å². The molecule has 5 aromatic rings. The Labute approximate surface area is 248 Å². The average Bonchev–Trinajstić information content (AvgIpc) is 3.30. The molecule has 0 saturated heterocycles. The molecule has 5 rings (SSSR count). The van der Waals surface area contributed by atoms with E-state index in [0.29, 0.717) is 42.5 Å². The van der Waals surface area contributed by atoms with Crippen molar-refractivity contribution in [2.75, 3.05) is 6.61 Å². The minimum Gasteiger partial charge on any atom is -0.480 e. The number of aromatic nitrogens is 2. The molecule has 3 aromatic carbocycles. The van der Waals surface area contributed by atoms with E-state index in [1.54, 1.807) is 44.2 Å². The van der Waals surface area contributed by atoms with Gasteiger partial charge in [-0.2, -0.15) is 9.78 Å². The molecule has 0 unspecified atom stereocenters. The number of hydrogen-bond acceptors (Lipinski definition) is 7. The van der Waals surface area contributed by atoms with Gasteiger partial charge >= 0.3 is 5.97 Å². The highest BCUT2D eigenvalue weighted by atomic mass is 79.9. The first-order chi connectivity index (χ1) is 18.7. The first-order valence-corrected chi connectivity index (χ1v) is 14.1. The summed E-state index contributed by atoms with van der Waals surface area (Å²) in [6.07, 6.45) is 1.30. The monoisotopic (exact) mass is 715 g/mol. The first kappa shape index (κ1) is 27.3. The summed E-state index contributed by atoms with van der Waals surface area (Å²) in [6, 6.07) is 18.1. The number of rotatable bonds is 7. The smallest absolute Gasteiger partial charge is 0.344 e. The average molecular weight is 718 g/mol. The summed E-state index contributed by atoms with van der Waals surface area (Å²) in [5.74, 6) is 0.640. The van der Waals surface area contributed by atoms with Crippen molar-refractivity contribution in [2.45, 2.75) is 20.0 Å². The van der Waals surface area contributed by atoms with E-state index in [2.05, 4.69) is 52.9 Å². The molecule has 2 aromatic heterocycles. The van der Waals surface area contributed by atoms with Crippen LogP contribution >= 0.6 is 47.8 Å². The van der Waals surface area contributed by atoms with Gasteiger partial charge in [-0.25, -0.2) is 9.78 Å². The molecule has 0 aliphatic rings. The number of nitrogens with zero attached hydrogens (tertiary/aromatic N) is 3. The fraction of sp³-hybridized carbons (Fsp3) is 0.143. The third kappa shape index (κ3) is 6.00. The number of carbonyl (C=O) groups is 1. The van der Waals surface area contributed by atoms with Gasteiger partial charge in [0.1, 0.15) is 11.3 Å². The third-order valence-electron chi connectivity index (χ3n) is 5.50. The highest BCUT2D eigenvalue weighted by molar-refractivity contribution is 9.11. The van der Waals surface area contributed by atoms with Crippen molar-refractivity contribution in [3.63, 3.8) is 0 Å². The van der Waals surface area contributed by atoms with Gasteiger partial charge in [0.15, 0.2) is 12.4 Å². The molecule has 0 amide bonds. The lowest BCUT2D eigenvalue weighted by Gasteiger charge is -2.12. The summed E-state index contributed by atoms with van der Waals surface area (Å²) in [5.41, 5.74) is 1.51. The van der Waals surface area contributed by atoms with E-state index in [1.165, 1.54) is 10.9 Å². The van der Waals surface area contributed by atoms with Gasteiger partial charge in [0.05, 0.1) is 32.2 Å². The van der Waals surface area contributed by atoms with Crippen LogP contribution in [-0.2, 0) is 9.53 Å². The highest BCUT2D eigenvalue weighted by Crippen LogP contribution is 2.35. The summed E-state index contributed by atoms with van der Waals surface area (Å²) >= 11 is 10.4. The predicted molar refractivity (Wildman–Crippen MR) is 160 cm³/mol. The Bertz CT molecular complexity index is 1790. The molecule has 0 N–H and O–H groups in total. The number of furan rings is 1. The van der Waals surface area contributed by atoms with Crippen molar-refractivity contribution in [1.82, 2.24) is 9.66 Å². The Morgan fingerprint density at radius 2 is 1.82 bits per heavy atom. The molecule has 2 heterocycles. The largest absolute Gasteiger partial charge is 0.480 e. The van der Waals surface area contributed by atoms with Crippen molar-refractivity contribution in [3.05, 3.63) is 90.0 Å². The van der Waals surface area contributed by atoms with E-state index in [0.717, 1.165) is 9.86 Å². The van der Waals surface area contributed by atoms with Gasteiger partial charge in [0.2, 0.25) is 5.82 Å². The minimum absolute atomic E-state index is 0.231. The summed E-state index contributed by atoms with van der Waals surface area (Å²) in [7, 11) is 0. The Morgan fingerprint density at radius 3 is 2.56 bits per heavy atom. The summed E-state index contributed by atoms with van der Waals surface area (Å²) in [4.78, 5) is 30.1. The number of halogens is 3. The standard InChI is InChI=1S/C28H20Br3N3O5/c1-15(2)38-25(35)14-37-26-20(30)9-16(10-21(26)31)13-32-34-27(33-22-6-4-3-5-19(22)28(34)36)24-12-17-11-18(29)7-8-23(17)39-24/h3-13,15H,14H2,1-2H3. The SMILES string of the molecule is CC(C)OC(=O)COc1c(Br)cc(C=Nn2c(-c3cc4cc(Br)ccc4o3)nc3ccccc3c2=O)cc1Br. The van der Waals surface area contributed by atoms with E-state index >= 15 is 0 Å². The lowest BCUT2D eigenvalue weighted by atomic mass is 10.2. The number of esters is 1. The Morgan fingerprint density at radius 1 is 1.08 bits per heavy atom. The molecule has 0 saturated carbocycles. The van der Waals surface area contributed by atoms with Crippen LogP contribution in [0.1, 0.15) is 19.4 Å². The zero-order valence-electron chi connectivity index (χ0n) is 20.7.